The van der Waals surface area contributed by atoms with Crippen LogP contribution in [0.15, 0.2) is 6.20 Å². The maximum atomic E-state index is 11.7. The van der Waals surface area contributed by atoms with Gasteiger partial charge in [0.1, 0.15) is 0 Å². The number of primary amides is 1. The van der Waals surface area contributed by atoms with E-state index < -0.39 is 5.91 Å². The predicted octanol–water partition coefficient (Wildman–Crippen LogP) is -1.19. The summed E-state index contributed by atoms with van der Waals surface area (Å²) in [4.78, 5) is 22.3. The second-order valence-corrected chi connectivity index (χ2v) is 4.54. The molecule has 104 valence electrons. The van der Waals surface area contributed by atoms with Crippen molar-refractivity contribution in [3.63, 3.8) is 0 Å². The Morgan fingerprint density at radius 3 is 2.89 bits per heavy atom. The van der Waals surface area contributed by atoms with Crippen molar-refractivity contribution in [2.45, 2.75) is 25.3 Å². The second-order valence-electron chi connectivity index (χ2n) is 4.54. The van der Waals surface area contributed by atoms with Gasteiger partial charge in [0.05, 0.1) is 12.2 Å². The number of amides is 2. The maximum Gasteiger partial charge on any atom is 0.273 e. The Hall–Kier alpha value is -1.96. The number of carbonyl (C=O) groups is 2. The minimum absolute atomic E-state index is 0.119. The molecule has 2 rings (SSSR count). The zero-order valence-electron chi connectivity index (χ0n) is 10.6. The lowest BCUT2D eigenvalue weighted by Crippen LogP contribution is -2.29. The monoisotopic (exact) mass is 266 g/mol. The Morgan fingerprint density at radius 1 is 1.47 bits per heavy atom. The third-order valence-electron chi connectivity index (χ3n) is 3.08. The van der Waals surface area contributed by atoms with E-state index in [0.29, 0.717) is 6.04 Å². The first kappa shape index (κ1) is 13.5. The first-order valence-electron chi connectivity index (χ1n) is 6.36. The molecule has 4 N–H and O–H groups in total. The van der Waals surface area contributed by atoms with Crippen LogP contribution in [0.1, 0.15) is 35.8 Å². The van der Waals surface area contributed by atoms with Crippen LogP contribution in [0.3, 0.4) is 0 Å². The quantitative estimate of drug-likeness (QED) is 0.619. The van der Waals surface area contributed by atoms with E-state index in [0.717, 1.165) is 25.9 Å². The van der Waals surface area contributed by atoms with E-state index in [1.807, 2.05) is 0 Å². The molecule has 0 atom stereocenters. The second kappa shape index (κ2) is 6.28. The Kier molecular flexibility index (Phi) is 4.45. The van der Waals surface area contributed by atoms with Crippen molar-refractivity contribution in [3.05, 3.63) is 11.9 Å². The van der Waals surface area contributed by atoms with Gasteiger partial charge in [-0.25, -0.2) is 4.68 Å². The summed E-state index contributed by atoms with van der Waals surface area (Å²) in [5.41, 5.74) is 5.26. The fraction of sp³-hybridized carbons (Fsp3) is 0.636. The van der Waals surface area contributed by atoms with Gasteiger partial charge in [-0.05, 0) is 25.9 Å². The van der Waals surface area contributed by atoms with Gasteiger partial charge in [0.15, 0.2) is 5.69 Å². The number of piperidine rings is 1. The van der Waals surface area contributed by atoms with Crippen LogP contribution in [0, 0.1) is 0 Å². The zero-order chi connectivity index (χ0) is 13.7. The number of nitrogens with one attached hydrogen (secondary N) is 2. The minimum Gasteiger partial charge on any atom is -0.370 e. The average molecular weight is 266 g/mol. The molecule has 0 unspecified atom stereocenters. The van der Waals surface area contributed by atoms with Gasteiger partial charge >= 0.3 is 0 Å². The molecule has 2 amide bonds. The Labute approximate surface area is 110 Å². The van der Waals surface area contributed by atoms with Crippen LogP contribution in [0.5, 0.6) is 0 Å². The molecule has 0 spiro atoms. The summed E-state index contributed by atoms with van der Waals surface area (Å²) >= 11 is 0. The summed E-state index contributed by atoms with van der Waals surface area (Å²) in [6.45, 7) is 2.11. The van der Waals surface area contributed by atoms with Crippen LogP contribution < -0.4 is 16.4 Å². The summed E-state index contributed by atoms with van der Waals surface area (Å²) in [7, 11) is 0. The van der Waals surface area contributed by atoms with Crippen molar-refractivity contribution in [1.29, 1.82) is 0 Å². The fourth-order valence-electron chi connectivity index (χ4n) is 2.02. The van der Waals surface area contributed by atoms with Crippen molar-refractivity contribution in [3.8, 4) is 0 Å². The molecule has 1 aliphatic heterocycles. The standard InChI is InChI=1S/C11H18N6O2/c12-10(18)3-6-14-11(19)9-7-17(16-15-9)8-1-4-13-5-2-8/h7-8,13H,1-6H2,(H2,12,18)(H,14,19). The molecule has 0 radical (unpaired) electrons. The van der Waals surface area contributed by atoms with Gasteiger partial charge in [-0.3, -0.25) is 9.59 Å². The molecule has 1 saturated heterocycles. The van der Waals surface area contributed by atoms with Gasteiger partial charge in [0, 0.05) is 13.0 Å². The average Bonchev–Trinajstić information content (AvgIpc) is 2.89. The van der Waals surface area contributed by atoms with Gasteiger partial charge < -0.3 is 16.4 Å². The number of nitrogens with two attached hydrogens (primary N) is 1. The van der Waals surface area contributed by atoms with Crippen molar-refractivity contribution in [2.24, 2.45) is 5.73 Å². The highest BCUT2D eigenvalue weighted by Gasteiger charge is 2.18. The highest BCUT2D eigenvalue weighted by molar-refractivity contribution is 5.92. The van der Waals surface area contributed by atoms with E-state index in [1.54, 1.807) is 10.9 Å². The highest BCUT2D eigenvalue weighted by Crippen LogP contribution is 2.16. The maximum absolute atomic E-state index is 11.7. The van der Waals surface area contributed by atoms with E-state index >= 15 is 0 Å². The Balaban J connectivity index is 1.88. The smallest absolute Gasteiger partial charge is 0.273 e. The fourth-order valence-corrected chi connectivity index (χ4v) is 2.02. The van der Waals surface area contributed by atoms with E-state index in [1.165, 1.54) is 0 Å². The van der Waals surface area contributed by atoms with Crippen LogP contribution in [0.2, 0.25) is 0 Å². The molecule has 0 saturated carbocycles. The van der Waals surface area contributed by atoms with Crippen LogP contribution in [0.4, 0.5) is 0 Å². The van der Waals surface area contributed by atoms with Gasteiger partial charge in [0.25, 0.3) is 5.91 Å². The molecule has 0 aromatic carbocycles. The Bertz CT molecular complexity index is 452. The molecule has 0 bridgehead atoms. The number of aromatic nitrogens is 3. The van der Waals surface area contributed by atoms with E-state index in [9.17, 15) is 9.59 Å². The first-order chi connectivity index (χ1) is 9.16. The largest absolute Gasteiger partial charge is 0.370 e. The number of hydrogen-bond donors (Lipinski definition) is 3. The minimum atomic E-state index is -0.446. The number of carbonyl (C=O) groups excluding carboxylic acids is 2. The highest BCUT2D eigenvalue weighted by atomic mass is 16.2. The summed E-state index contributed by atoms with van der Waals surface area (Å²) in [5.74, 6) is -0.778. The van der Waals surface area contributed by atoms with E-state index in [4.69, 9.17) is 5.73 Å². The van der Waals surface area contributed by atoms with Crippen LogP contribution in [-0.4, -0.2) is 46.4 Å². The molecule has 8 heteroatoms. The topological polar surface area (TPSA) is 115 Å². The van der Waals surface area contributed by atoms with Crippen molar-refractivity contribution in [2.75, 3.05) is 19.6 Å². The summed E-state index contributed by atoms with van der Waals surface area (Å²) < 4.78 is 1.74. The van der Waals surface area contributed by atoms with Gasteiger partial charge in [-0.2, -0.15) is 0 Å². The van der Waals surface area contributed by atoms with Crippen molar-refractivity contribution < 1.29 is 9.59 Å². The van der Waals surface area contributed by atoms with Crippen LogP contribution in [0.25, 0.3) is 0 Å². The molecule has 19 heavy (non-hydrogen) atoms. The molecule has 1 aromatic rings. The van der Waals surface area contributed by atoms with Gasteiger partial charge in [0.2, 0.25) is 5.91 Å². The zero-order valence-corrected chi connectivity index (χ0v) is 10.6. The molecule has 1 aromatic heterocycles. The van der Waals surface area contributed by atoms with Crippen molar-refractivity contribution in [1.82, 2.24) is 25.6 Å². The first-order valence-corrected chi connectivity index (χ1v) is 6.36. The van der Waals surface area contributed by atoms with E-state index in [2.05, 4.69) is 20.9 Å². The van der Waals surface area contributed by atoms with Gasteiger partial charge in [-0.1, -0.05) is 5.21 Å². The molecule has 0 aliphatic carbocycles. The lowest BCUT2D eigenvalue weighted by atomic mass is 10.1. The normalized spacial score (nSPS) is 16.2. The SMILES string of the molecule is NC(=O)CCNC(=O)c1cn(C2CCNCC2)nn1. The number of rotatable bonds is 5. The third-order valence-corrected chi connectivity index (χ3v) is 3.08. The molecular formula is C11H18N6O2. The third kappa shape index (κ3) is 3.75. The molecule has 2 heterocycles. The molecule has 1 aliphatic rings. The summed E-state index contributed by atoms with van der Waals surface area (Å²) in [6.07, 6.45) is 3.72. The predicted molar refractivity (Wildman–Crippen MR) is 67.3 cm³/mol. The van der Waals surface area contributed by atoms with Crippen LogP contribution >= 0.6 is 0 Å². The number of nitrogens with zero attached hydrogens (tertiary/aromatic N) is 3. The van der Waals surface area contributed by atoms with E-state index in [-0.39, 0.29) is 24.6 Å². The van der Waals surface area contributed by atoms with Gasteiger partial charge in [-0.15, -0.1) is 5.10 Å². The number of hydrogen-bond acceptors (Lipinski definition) is 5. The molecular weight excluding hydrogens is 248 g/mol. The lowest BCUT2D eigenvalue weighted by Gasteiger charge is -2.22. The van der Waals surface area contributed by atoms with Crippen LogP contribution in [-0.2, 0) is 4.79 Å². The summed E-state index contributed by atoms with van der Waals surface area (Å²) in [6, 6.07) is 0.293. The summed E-state index contributed by atoms with van der Waals surface area (Å²) in [5, 5.41) is 13.7. The van der Waals surface area contributed by atoms with Crippen molar-refractivity contribution >= 4 is 11.8 Å². The molecule has 1 fully saturated rings. The Morgan fingerprint density at radius 2 is 2.21 bits per heavy atom. The molecule has 8 nitrogen and oxygen atoms in total. The lowest BCUT2D eigenvalue weighted by molar-refractivity contribution is -0.117.